The highest BCUT2D eigenvalue weighted by atomic mass is 35.5. The largest absolute Gasteiger partial charge is 0.742 e. The molecular formula is C86H58Cl8N28O18S6Si. The Morgan fingerprint density at radius 2 is 0.810 bits per heavy atom. The van der Waals surface area contributed by atoms with Gasteiger partial charge in [0, 0.05) is 70.7 Å². The number of benzene rings is 8. The van der Waals surface area contributed by atoms with Gasteiger partial charge in [-0.25, -0.2) is 119 Å². The number of rotatable bonds is 28. The van der Waals surface area contributed by atoms with E-state index in [1.807, 2.05) is 12.1 Å². The van der Waals surface area contributed by atoms with Crippen molar-refractivity contribution in [1.82, 2.24) is 67.7 Å². The highest BCUT2D eigenvalue weighted by molar-refractivity contribution is 7.93. The van der Waals surface area contributed by atoms with Crippen LogP contribution in [0.1, 0.15) is 72.2 Å². The van der Waals surface area contributed by atoms with Crippen LogP contribution in [0, 0.1) is 49.7 Å². The lowest BCUT2D eigenvalue weighted by Gasteiger charge is -2.31. The molecule has 0 spiro atoms. The van der Waals surface area contributed by atoms with Gasteiger partial charge in [0.05, 0.1) is 109 Å². The van der Waals surface area contributed by atoms with E-state index in [-0.39, 0.29) is 100 Å². The van der Waals surface area contributed by atoms with E-state index in [9.17, 15) is 54.5 Å². The highest BCUT2D eigenvalue weighted by Gasteiger charge is 2.60. The lowest BCUT2D eigenvalue weighted by atomic mass is 10.1. The van der Waals surface area contributed by atoms with E-state index in [1.54, 1.807) is 13.8 Å². The molecule has 4 aliphatic heterocycles. The fourth-order valence-electron chi connectivity index (χ4n) is 16.1. The quantitative estimate of drug-likeness (QED) is 0.0128. The fraction of sp³-hybridized carbons (Fsp3) is 0.116. The van der Waals surface area contributed by atoms with Crippen LogP contribution >= 0.6 is 92.8 Å². The average Bonchev–Trinajstić information content (AvgIpc) is 1.52. The van der Waals surface area contributed by atoms with E-state index in [2.05, 4.69) is 59.6 Å². The monoisotopic (exact) mass is 2270 g/mol. The van der Waals surface area contributed by atoms with Crippen LogP contribution in [0.15, 0.2) is 196 Å². The summed E-state index contributed by atoms with van der Waals surface area (Å²) in [7, 11) is -25.8. The van der Waals surface area contributed by atoms with Crippen LogP contribution in [0.25, 0.3) is 54.0 Å². The first-order valence-electron chi connectivity index (χ1n) is 41.8. The Kier molecular flexibility index (Phi) is 27.2. The summed E-state index contributed by atoms with van der Waals surface area (Å²) in [6.07, 6.45) is 3.93. The molecule has 8 aromatic carbocycles. The summed E-state index contributed by atoms with van der Waals surface area (Å²) in [5.41, 5.74) is -4.65. The normalized spacial score (nSPS) is 13.7. The van der Waals surface area contributed by atoms with Crippen molar-refractivity contribution in [3.8, 4) is 34.9 Å². The number of aryl methyl sites for hydroxylation is 2. The van der Waals surface area contributed by atoms with Crippen molar-refractivity contribution < 1.29 is 79.2 Å². The second-order valence-corrected chi connectivity index (χ2v) is 45.8. The first-order valence-corrected chi connectivity index (χ1v) is 54.6. The molecule has 147 heavy (non-hydrogen) atoms. The Bertz CT molecular complexity index is 9200. The molecule has 14 aromatic rings. The lowest BCUT2D eigenvalue weighted by Crippen LogP contribution is -2.66. The molecule has 2 amide bonds. The Morgan fingerprint density at radius 3 is 1.24 bits per heavy atom. The first-order chi connectivity index (χ1) is 69.8. The third-order valence-electron chi connectivity index (χ3n) is 22.2. The number of nitrogens with one attached hydrogen (secondary N) is 6. The Morgan fingerprint density at radius 1 is 0.442 bits per heavy atom. The average molecular weight is 2280 g/mol. The molecule has 0 radical (unpaired) electrons. The zero-order valence-electron chi connectivity index (χ0n) is 74.9. The number of sulfonamides is 4. The predicted molar refractivity (Wildman–Crippen MR) is 546 cm³/mol. The minimum absolute atomic E-state index is 0.0291. The van der Waals surface area contributed by atoms with Crippen LogP contribution in [0.4, 0.5) is 57.7 Å². The van der Waals surface area contributed by atoms with Gasteiger partial charge in [0.1, 0.15) is 93.4 Å². The molecule has 0 saturated heterocycles. The molecule has 6 aromatic heterocycles. The number of fused-ring (bicyclic) bond motifs is 14. The smallest absolute Gasteiger partial charge is 0.451 e. The van der Waals surface area contributed by atoms with Gasteiger partial charge < -0.3 is 19.5 Å². The number of amides is 2. The van der Waals surface area contributed by atoms with Crippen molar-refractivity contribution >= 4 is 291 Å². The van der Waals surface area contributed by atoms with Crippen molar-refractivity contribution in [3.63, 3.8) is 0 Å². The molecule has 0 fully saturated rings. The molecular weight excluding hydrogens is 2220 g/mol. The van der Waals surface area contributed by atoms with Crippen molar-refractivity contribution in [3.05, 3.63) is 265 Å². The Labute approximate surface area is 875 Å². The number of carbonyl (C=O) groups is 4. The zero-order valence-corrected chi connectivity index (χ0v) is 86.9. The molecule has 0 aliphatic carbocycles. The zero-order chi connectivity index (χ0) is 105. The molecule has 10 heterocycles. The minimum Gasteiger partial charge on any atom is -0.451 e. The number of carbonyl (C=O) groups excluding carboxylic acids is 4. The van der Waals surface area contributed by atoms with Gasteiger partial charge in [-0.05, 0) is 146 Å². The second kappa shape index (κ2) is 39.0. The number of nitrogens with zero attached hydrogens (tertiary/aromatic N) is 22. The molecule has 4 aliphatic rings. The van der Waals surface area contributed by atoms with E-state index in [0.717, 1.165) is 126 Å². The van der Waals surface area contributed by atoms with Crippen LogP contribution < -0.4 is 49.1 Å². The van der Waals surface area contributed by atoms with E-state index < -0.39 is 251 Å². The molecule has 46 nitrogen and oxygen atoms in total. The molecule has 0 saturated carbocycles. The molecule has 2 unspecified atom stereocenters. The van der Waals surface area contributed by atoms with Gasteiger partial charge >= 0.3 is 20.8 Å². The van der Waals surface area contributed by atoms with Gasteiger partial charge in [0.25, 0.3) is 42.6 Å². The van der Waals surface area contributed by atoms with Crippen LogP contribution in [0.2, 0.25) is 40.2 Å². The van der Waals surface area contributed by atoms with E-state index in [0.29, 0.717) is 19.7 Å². The summed E-state index contributed by atoms with van der Waals surface area (Å²) in [5.74, 6) is -10.8. The number of hydrogen-bond donors (Lipinski definition) is 8. The van der Waals surface area contributed by atoms with Crippen molar-refractivity contribution in [2.24, 2.45) is 30.0 Å². The third kappa shape index (κ3) is 18.3. The third-order valence-corrected chi connectivity index (χ3v) is 34.6. The van der Waals surface area contributed by atoms with Crippen molar-refractivity contribution in [1.29, 1.82) is 10.5 Å². The van der Waals surface area contributed by atoms with Crippen molar-refractivity contribution in [2.75, 3.05) is 44.2 Å². The standard InChI is InChI=1S/C86H58Cl8N28O18S6Si/c1-9-105-143(131,132)49-27-63(91)72(64(92)28-49)116-84(68(98-8)36-104-116)114-146(137,138)48-14-18-54-58(26-48)82-110-75-51-15-11-45(119(141(127)128)86-44(32-96)34-102-118(86)74-65(93)29-50(30-66(74)94)144(133,134)106-10-2)23-55(51)77(107-75)111-79-53-16-12-46(120(142(129)130)85-43(31-95)33-101-117(85)73-61(89)21-40(4)22-62(73)90)24-57(53)81-109-76-52-17-13-47(145(135,136)113-83-67(97-7)35-103-115(83)71-59(87)19-39(3)20-60(71)88)25-56(52)78(108-76)112-80(54)122(82)147(121(79)81,139-69(125)37-99-41(5)123)140-70(126)38-100-42(6)124/h11-30,33-36,105-106,113-114H,9-10,37-38H2,1-6H3,(H,99,123)(H,100,124)(H,127,128)(H,129,130). The predicted octanol–water partition coefficient (Wildman–Crippen LogP) is 12.9. The number of nitriles is 2. The summed E-state index contributed by atoms with van der Waals surface area (Å²) in [5, 5.41) is 40.5. The first kappa shape index (κ1) is 102. The number of amidine groups is 4. The number of anilines is 6. The van der Waals surface area contributed by atoms with Crippen LogP contribution in [0.5, 0.6) is 0 Å². The van der Waals surface area contributed by atoms with Crippen LogP contribution in [-0.4, -0.2) is 181 Å². The maximum atomic E-state index is 16.1. The number of hydrogen-bond acceptors (Lipinski definition) is 28. The molecule has 61 heteroatoms. The molecule has 18 rings (SSSR count). The molecule has 6 bridgehead atoms. The van der Waals surface area contributed by atoms with Gasteiger partial charge in [-0.3, -0.25) is 46.2 Å². The lowest BCUT2D eigenvalue weighted by molar-refractivity contribution is -0.143. The van der Waals surface area contributed by atoms with Crippen LogP contribution in [-0.2, 0) is 90.7 Å². The number of aliphatic imine (C=N–C) groups is 4. The molecule has 746 valence electrons. The highest BCUT2D eigenvalue weighted by Crippen LogP contribution is 2.50. The number of halogens is 8. The Hall–Kier alpha value is -14.5. The molecule has 2 atom stereocenters. The van der Waals surface area contributed by atoms with E-state index in [4.69, 9.17) is 145 Å². The van der Waals surface area contributed by atoms with E-state index >= 15 is 26.4 Å². The van der Waals surface area contributed by atoms with Crippen LogP contribution in [0.3, 0.4) is 0 Å². The van der Waals surface area contributed by atoms with Gasteiger partial charge in [0.15, 0.2) is 35.0 Å². The van der Waals surface area contributed by atoms with Gasteiger partial charge in [0.2, 0.25) is 43.2 Å². The molecule has 8 N–H and O–H groups in total. The minimum atomic E-state index is -6.68. The van der Waals surface area contributed by atoms with Gasteiger partial charge in [-0.2, -0.15) is 30.9 Å². The summed E-state index contributed by atoms with van der Waals surface area (Å²) in [4.78, 5) is 94.6. The Balaban J connectivity index is 0.989. The maximum Gasteiger partial charge on any atom is 0.742 e. The van der Waals surface area contributed by atoms with Crippen molar-refractivity contribution in [2.45, 2.75) is 61.1 Å². The van der Waals surface area contributed by atoms with E-state index in [1.165, 1.54) is 74.5 Å². The summed E-state index contributed by atoms with van der Waals surface area (Å²) < 4.78 is 201. The topological polar surface area (TPSA) is 588 Å². The second-order valence-electron chi connectivity index (χ2n) is 31.6. The summed E-state index contributed by atoms with van der Waals surface area (Å²) >= 11 is 48.3. The summed E-state index contributed by atoms with van der Waals surface area (Å²) in [6, 6.07) is 27.3. The maximum absolute atomic E-state index is 16.1. The summed E-state index contributed by atoms with van der Waals surface area (Å²) in [6.45, 7) is 22.4. The SMILES string of the molecule is [C-]#[N+]c1cnn(-c2c(Cl)cc(C)cc2Cl)c1NS(=O)(=O)c1ccc2c(c1)C1=Nc3c4ccc(S(=O)(=O)Nc5c([N+]#[C-])cnn5-c5c(Cl)cc(S(=O)(=O)NCC)cc5Cl)cc4c4n3[Si](OC(=O)CNC(C)=O)(OC(=O)CNC(C)=O)n3c(c5ccc(N(c6c(C#N)cnn6-c6c(Cl)cc(C)cc6Cl)S(=O)O)cc5c3=NC2=N1)=NC1=NC(=N4)c2ccc(N(c3c(C#N)cnn3-c3c(Cl)cc(S(=O)(=O)NCC)cc3Cl)S(=O)O)cc21. The van der Waals surface area contributed by atoms with Gasteiger partial charge in [-0.15, -0.1) is 0 Å². The fourth-order valence-corrected chi connectivity index (χ4v) is 27.9. The number of aromatic nitrogens is 10. The van der Waals surface area contributed by atoms with Gasteiger partial charge in [-0.1, -0.05) is 107 Å².